The van der Waals surface area contributed by atoms with E-state index in [1.54, 1.807) is 0 Å². The molecule has 0 N–H and O–H groups in total. The minimum absolute atomic E-state index is 0.00354. The Labute approximate surface area is 620 Å². The van der Waals surface area contributed by atoms with Crippen LogP contribution in [0.1, 0.15) is 165 Å². The SMILES string of the molecule is [2H]C([2H])(C)N(C([2H])([2H])C)C([2H])([2H])C([2H])([2H])N(C(=O)C([2H])([2H])n1c(SCc2ccc(F)cc2)nc(=O)c2c1CCC2)C([2H])(C)c1ccc(-c2ccc(C(F)(F)F)cc2)cc1.[2H]c1c([2H])c(CSc2nc(=O)c3c(n2C([2H])([2H])C(=O)N(C([2H])([2H])c2c([2H])c([2H])c(-c4c([2H])c([2H])c(C(F)(F)F)c([2H])c4[2H])c([2H])c2[2H])C([2H])([2H])C([2H])([2H])N(C([2H])([2H])C)C([2H])([2H])C)C([2H])([2H])C([2H])(C)C3([2H])[2H])c([2H])c([2H])c1F. The van der Waals surface area contributed by atoms with Gasteiger partial charge in [0.2, 0.25) is 11.8 Å². The zero-order chi connectivity index (χ0) is 104. The van der Waals surface area contributed by atoms with Gasteiger partial charge in [-0.25, -0.2) is 8.78 Å². The molecule has 0 saturated heterocycles. The first-order valence-electron chi connectivity index (χ1n) is 48.1. The number of alkyl halides is 6. The monoisotopic (exact) mass is 1400 g/mol. The normalized spacial score (nSPS) is 23.8. The maximum Gasteiger partial charge on any atom is 0.416 e. The lowest BCUT2D eigenvalue weighted by molar-refractivity contribution is -0.138. The minimum Gasteiger partial charge on any atom is -0.336 e. The van der Waals surface area contributed by atoms with Crippen molar-refractivity contribution in [2.24, 2.45) is 5.89 Å². The Kier molecular flexibility index (Phi) is 12.4. The Balaban J connectivity index is 0.000000316. The average molecular weight is 1400 g/mol. The van der Waals surface area contributed by atoms with Gasteiger partial charge in [-0.1, -0.05) is 155 Å². The van der Waals surface area contributed by atoms with E-state index < -0.39 is 281 Å². The van der Waals surface area contributed by atoms with E-state index in [-0.39, 0.29) is 66.7 Å². The predicted molar refractivity (Wildman–Crippen MR) is 362 cm³/mol. The zero-order valence-corrected chi connectivity index (χ0v) is 52.6. The summed E-state index contributed by atoms with van der Waals surface area (Å²) >= 11 is 0.702. The summed E-state index contributed by atoms with van der Waals surface area (Å²) in [6.45, 7) is -39.2. The van der Waals surface area contributed by atoms with Crippen LogP contribution < -0.4 is 11.1 Å². The first kappa shape index (κ1) is 36.1. The summed E-state index contributed by atoms with van der Waals surface area (Å²) in [6.07, 6.45) is -16.9. The van der Waals surface area contributed by atoms with Gasteiger partial charge in [0.25, 0.3) is 11.1 Å². The number of carbonyl (C=O) groups is 2. The van der Waals surface area contributed by atoms with Crippen molar-refractivity contribution < 1.29 is 99.5 Å². The molecule has 6 aromatic carbocycles. The van der Waals surface area contributed by atoms with Crippen molar-refractivity contribution in [1.82, 2.24) is 38.7 Å². The van der Waals surface area contributed by atoms with Gasteiger partial charge < -0.3 is 28.7 Å². The van der Waals surface area contributed by atoms with Crippen LogP contribution in [0, 0.1) is 17.5 Å². The number of hydrogen-bond donors (Lipinski definition) is 0. The highest BCUT2D eigenvalue weighted by Crippen LogP contribution is 2.35. The molecule has 2 atom stereocenters. The molecule has 2 unspecified atom stereocenters. The largest absolute Gasteiger partial charge is 0.416 e. The van der Waals surface area contributed by atoms with E-state index in [0.717, 1.165) is 49.2 Å². The number of aromatic nitrogens is 4. The van der Waals surface area contributed by atoms with E-state index in [4.69, 9.17) is 39.8 Å². The molecule has 96 heavy (non-hydrogen) atoms. The summed E-state index contributed by atoms with van der Waals surface area (Å²) in [4.78, 5) is 63.4. The quantitative estimate of drug-likeness (QED) is 0.0295. The van der Waals surface area contributed by atoms with Crippen molar-refractivity contribution >= 4 is 35.3 Å². The van der Waals surface area contributed by atoms with Gasteiger partial charge in [0, 0.05) is 89.8 Å². The Bertz CT molecular complexity index is 6070. The van der Waals surface area contributed by atoms with Crippen LogP contribution >= 0.6 is 23.5 Å². The summed E-state index contributed by atoms with van der Waals surface area (Å²) in [7, 11) is 0. The number of carbonyl (C=O) groups excluding carboxylic acids is 2. The summed E-state index contributed by atoms with van der Waals surface area (Å²) in [5, 5.41) is -1.73. The summed E-state index contributed by atoms with van der Waals surface area (Å²) in [5.41, 5.74) is -13.2. The molecule has 508 valence electrons. The molecule has 12 nitrogen and oxygen atoms in total. The Morgan fingerprint density at radius 3 is 1.66 bits per heavy atom. The lowest BCUT2D eigenvalue weighted by atomic mass is 9.99. The van der Waals surface area contributed by atoms with Crippen LogP contribution in [0.25, 0.3) is 22.3 Å². The number of benzene rings is 6. The van der Waals surface area contributed by atoms with Crippen LogP contribution in [0.4, 0.5) is 35.1 Å². The average Bonchev–Trinajstić information content (AvgIpc) is 1.50. The number of fused-ring (bicyclic) bond motifs is 2. The highest BCUT2D eigenvalue weighted by Gasteiger charge is 2.33. The smallest absolute Gasteiger partial charge is 0.336 e. The van der Waals surface area contributed by atoms with Crippen molar-refractivity contribution in [3.05, 3.63) is 234 Å². The number of amides is 2. The number of likely N-dealkylation sites (N-methyl/N-ethyl adjacent to an activating group) is 2. The first-order chi connectivity index (χ1) is 61.1. The minimum atomic E-state index is -5.56. The molecule has 0 bridgehead atoms. The maximum atomic E-state index is 15.6. The fourth-order valence-electron chi connectivity index (χ4n) is 8.75. The number of hydrogen-bond acceptors (Lipinski definition) is 10. The maximum absolute atomic E-state index is 15.6. The lowest BCUT2D eigenvalue weighted by Crippen LogP contribution is -2.42. The third kappa shape index (κ3) is 18.8. The molecule has 22 heteroatoms. The molecule has 8 aromatic rings. The van der Waals surface area contributed by atoms with Gasteiger partial charge in [0.1, 0.15) is 24.6 Å². The van der Waals surface area contributed by atoms with E-state index in [9.17, 15) is 59.8 Å². The molecule has 0 fully saturated rings. The molecule has 0 aliphatic heterocycles. The molecule has 0 saturated carbocycles. The van der Waals surface area contributed by atoms with Crippen LogP contribution in [-0.4, -0.2) is 102 Å². The van der Waals surface area contributed by atoms with Gasteiger partial charge in [-0.3, -0.25) is 19.2 Å². The topological polar surface area (TPSA) is 117 Å². The summed E-state index contributed by atoms with van der Waals surface area (Å²) < 4.78 is 460. The second kappa shape index (κ2) is 32.9. The van der Waals surface area contributed by atoms with Gasteiger partial charge in [-0.2, -0.15) is 36.3 Å². The zero-order valence-electron chi connectivity index (χ0n) is 91.0. The highest BCUT2D eigenvalue weighted by atomic mass is 32.2. The molecule has 0 radical (unpaired) electrons. The lowest BCUT2D eigenvalue weighted by Gasteiger charge is -2.33. The molecular formula is C74H80F8N8O4S2. The van der Waals surface area contributed by atoms with Crippen molar-refractivity contribution in [2.45, 2.75) is 133 Å². The van der Waals surface area contributed by atoms with E-state index in [2.05, 4.69) is 9.97 Å². The molecule has 10 rings (SSSR count). The Morgan fingerprint density at radius 1 is 0.594 bits per heavy atom. The molecular weight excluding hydrogens is 1280 g/mol. The number of halogens is 8. The van der Waals surface area contributed by atoms with E-state index in [1.165, 1.54) is 60.7 Å². The third-order valence-electron chi connectivity index (χ3n) is 13.5. The van der Waals surface area contributed by atoms with Gasteiger partial charge in [0.15, 0.2) is 10.3 Å². The van der Waals surface area contributed by atoms with Crippen molar-refractivity contribution in [1.29, 1.82) is 0 Å². The first-order valence-corrected chi connectivity index (χ1v) is 30.1. The van der Waals surface area contributed by atoms with Gasteiger partial charge in [-0.15, -0.1) is 0 Å². The Morgan fingerprint density at radius 2 is 1.09 bits per heavy atom. The standard InChI is InChI=1S/2C37H40F4N4O2S/c1-4-43(5-2)18-19-44(22-26-6-10-28(11-7-26)29-12-14-30(15-13-29)37(39,40)41)34(46)23-45-33-21-25(3)20-32(33)35(47)42-36(45)48-24-27-8-16-31(38)17-9-27;1-4-43(5-2)21-22-44(25(3)27-11-13-28(14-12-27)29-15-17-30(18-16-29)37(39,40)41)34(46)23-45-33-8-6-7-32(33)35(47)42-36(45)48-24-26-9-19-31(38)20-10-26/h6-17,25H,4-5,18-24H2,1-3H3;9-20,25H,4-8,21-24H2,1-3H3/i4D2,5D2,6D,7D,8D,9D,10D,11D,12D,13D,14D,15D,16D,17D,18D2,19D2,20D2,21D2,22D2,23D2,25D;4D2,5D2,21D2,22D2,23D2,25D. The van der Waals surface area contributed by atoms with Gasteiger partial charge in [0.05, 0.1) is 48.7 Å². The molecule has 2 aliphatic carbocycles. The van der Waals surface area contributed by atoms with Crippen LogP contribution in [0.3, 0.4) is 0 Å². The van der Waals surface area contributed by atoms with Gasteiger partial charge >= 0.3 is 12.4 Å². The molecule has 2 aliphatic rings. The Hall–Kier alpha value is -7.92. The highest BCUT2D eigenvalue weighted by molar-refractivity contribution is 7.98. The molecule has 0 spiro atoms. The van der Waals surface area contributed by atoms with Crippen molar-refractivity contribution in [2.75, 3.05) is 52.0 Å². The number of rotatable bonds is 26. The van der Waals surface area contributed by atoms with Crippen LogP contribution in [0.15, 0.2) is 165 Å². The number of nitrogens with zero attached hydrogens (tertiary/aromatic N) is 8. The van der Waals surface area contributed by atoms with E-state index >= 15 is 9.59 Å². The fraction of sp³-hybridized carbons (Fsp3) is 0.378. The van der Waals surface area contributed by atoms with Crippen molar-refractivity contribution in [3.8, 4) is 22.3 Å². The second-order valence-corrected chi connectivity index (χ2v) is 21.7. The van der Waals surface area contributed by atoms with Crippen molar-refractivity contribution in [3.63, 3.8) is 0 Å². The van der Waals surface area contributed by atoms with Gasteiger partial charge in [-0.05, 0) is 164 Å². The fourth-order valence-corrected chi connectivity index (χ4v) is 10.5. The predicted octanol–water partition coefficient (Wildman–Crippen LogP) is 15.2. The molecule has 2 amide bonds. The van der Waals surface area contributed by atoms with Crippen LogP contribution in [-0.2, 0) is 78.5 Å². The second-order valence-electron chi connectivity index (χ2n) is 19.8. The van der Waals surface area contributed by atoms with Crippen LogP contribution in [0.2, 0.25) is 0 Å². The van der Waals surface area contributed by atoms with E-state index in [0.29, 0.717) is 43.9 Å². The number of thioether (sulfide) groups is 2. The summed E-state index contributed by atoms with van der Waals surface area (Å²) in [6, 6.07) is -7.12. The van der Waals surface area contributed by atoms with E-state index in [1.807, 2.05) is 0 Å². The molecule has 2 heterocycles. The third-order valence-corrected chi connectivity index (χ3v) is 15.5. The van der Waals surface area contributed by atoms with Crippen LogP contribution in [0.5, 0.6) is 0 Å². The molecule has 2 aromatic heterocycles. The summed E-state index contributed by atoms with van der Waals surface area (Å²) in [5.74, 6) is -11.4.